The summed E-state index contributed by atoms with van der Waals surface area (Å²) in [6, 6.07) is 2.31. The van der Waals surface area contributed by atoms with Gasteiger partial charge in [0.2, 0.25) is 0 Å². The molecule has 0 radical (unpaired) electrons. The smallest absolute Gasteiger partial charge is 0.131 e. The third-order valence-electron chi connectivity index (χ3n) is 2.12. The van der Waals surface area contributed by atoms with Crippen molar-refractivity contribution in [2.45, 2.75) is 26.3 Å². The highest BCUT2D eigenvalue weighted by Crippen LogP contribution is 2.09. The van der Waals surface area contributed by atoms with E-state index in [2.05, 4.69) is 34.4 Å². The van der Waals surface area contributed by atoms with Crippen LogP contribution in [0.2, 0.25) is 0 Å². The van der Waals surface area contributed by atoms with Crippen molar-refractivity contribution in [2.24, 2.45) is 5.73 Å². The van der Waals surface area contributed by atoms with Crippen LogP contribution >= 0.6 is 0 Å². The average Bonchev–Trinajstić information content (AvgIpc) is 2.26. The molecule has 0 amide bonds. The zero-order valence-electron chi connectivity index (χ0n) is 9.33. The lowest BCUT2D eigenvalue weighted by atomic mass is 10.2. The fourth-order valence-corrected chi connectivity index (χ4v) is 1.09. The van der Waals surface area contributed by atoms with Gasteiger partial charge in [-0.15, -0.1) is 0 Å². The minimum absolute atomic E-state index is 0.419. The van der Waals surface area contributed by atoms with Crippen LogP contribution in [-0.4, -0.2) is 29.1 Å². The van der Waals surface area contributed by atoms with Crippen molar-refractivity contribution in [3.05, 3.63) is 12.4 Å². The van der Waals surface area contributed by atoms with E-state index < -0.39 is 0 Å². The molecule has 0 bridgehead atoms. The molecule has 4 N–H and O–H groups in total. The molecule has 0 saturated carbocycles. The number of hydrogen-bond acceptors (Lipinski definition) is 5. The molecule has 5 heteroatoms. The average molecular weight is 209 g/mol. The van der Waals surface area contributed by atoms with Gasteiger partial charge in [0.25, 0.3) is 0 Å². The van der Waals surface area contributed by atoms with E-state index in [0.717, 1.165) is 24.6 Å². The Morgan fingerprint density at radius 1 is 1.40 bits per heavy atom. The summed E-state index contributed by atoms with van der Waals surface area (Å²) in [5.74, 6) is 1.65. The van der Waals surface area contributed by atoms with Gasteiger partial charge >= 0.3 is 0 Å². The predicted octanol–water partition coefficient (Wildman–Crippen LogP) is 1.06. The van der Waals surface area contributed by atoms with Crippen LogP contribution < -0.4 is 16.4 Å². The Labute approximate surface area is 90.5 Å². The molecule has 0 aliphatic carbocycles. The van der Waals surface area contributed by atoms with E-state index in [4.69, 9.17) is 5.73 Å². The SMILES string of the molecule is CCC(C)Nc1cc(NCCN)ncn1. The lowest BCUT2D eigenvalue weighted by molar-refractivity contribution is 0.758. The maximum atomic E-state index is 5.40. The summed E-state index contributed by atoms with van der Waals surface area (Å²) in [4.78, 5) is 8.23. The number of aromatic nitrogens is 2. The first-order valence-corrected chi connectivity index (χ1v) is 5.28. The van der Waals surface area contributed by atoms with Gasteiger partial charge in [0.1, 0.15) is 18.0 Å². The minimum Gasteiger partial charge on any atom is -0.369 e. The second-order valence-corrected chi connectivity index (χ2v) is 3.46. The minimum atomic E-state index is 0.419. The van der Waals surface area contributed by atoms with E-state index in [9.17, 15) is 0 Å². The summed E-state index contributed by atoms with van der Waals surface area (Å²) in [5, 5.41) is 6.40. The van der Waals surface area contributed by atoms with Gasteiger partial charge in [-0.3, -0.25) is 0 Å². The van der Waals surface area contributed by atoms with Gasteiger partial charge in [-0.1, -0.05) is 6.92 Å². The monoisotopic (exact) mass is 209 g/mol. The molecule has 1 atom stereocenters. The Morgan fingerprint density at radius 3 is 2.80 bits per heavy atom. The van der Waals surface area contributed by atoms with Gasteiger partial charge < -0.3 is 16.4 Å². The Morgan fingerprint density at radius 2 is 2.13 bits per heavy atom. The Bertz CT molecular complexity index is 289. The molecule has 1 aromatic heterocycles. The standard InChI is InChI=1S/C10H19N5/c1-3-8(2)15-10-6-9(12-5-4-11)13-7-14-10/h6-8H,3-5,11H2,1-2H3,(H2,12,13,14,15). The Kier molecular flexibility index (Phi) is 4.83. The van der Waals surface area contributed by atoms with Crippen molar-refractivity contribution in [2.75, 3.05) is 23.7 Å². The number of nitrogens with two attached hydrogens (primary N) is 1. The fraction of sp³-hybridized carbons (Fsp3) is 0.600. The molecule has 0 aromatic carbocycles. The van der Waals surface area contributed by atoms with Crippen LogP contribution in [0.5, 0.6) is 0 Å². The van der Waals surface area contributed by atoms with Gasteiger partial charge in [0.05, 0.1) is 0 Å². The van der Waals surface area contributed by atoms with Crippen LogP contribution in [0, 0.1) is 0 Å². The van der Waals surface area contributed by atoms with Gasteiger partial charge in [0.15, 0.2) is 0 Å². The Balaban J connectivity index is 2.57. The lowest BCUT2D eigenvalue weighted by Crippen LogP contribution is -2.16. The largest absolute Gasteiger partial charge is 0.369 e. The van der Waals surface area contributed by atoms with Crippen molar-refractivity contribution in [1.29, 1.82) is 0 Å². The number of nitrogens with zero attached hydrogens (tertiary/aromatic N) is 2. The highest BCUT2D eigenvalue weighted by atomic mass is 15.1. The molecule has 1 aromatic rings. The molecule has 0 aliphatic rings. The van der Waals surface area contributed by atoms with E-state index in [-0.39, 0.29) is 0 Å². The van der Waals surface area contributed by atoms with Crippen LogP contribution in [0.25, 0.3) is 0 Å². The Hall–Kier alpha value is -1.36. The molecule has 1 rings (SSSR count). The highest BCUT2D eigenvalue weighted by molar-refractivity contribution is 5.46. The summed E-state index contributed by atoms with van der Waals surface area (Å²) < 4.78 is 0. The van der Waals surface area contributed by atoms with E-state index in [1.807, 2.05) is 6.07 Å². The number of anilines is 2. The quantitative estimate of drug-likeness (QED) is 0.653. The molecule has 84 valence electrons. The van der Waals surface area contributed by atoms with Crippen molar-refractivity contribution in [1.82, 2.24) is 9.97 Å². The first-order chi connectivity index (χ1) is 7.26. The van der Waals surface area contributed by atoms with E-state index in [0.29, 0.717) is 12.6 Å². The third-order valence-corrected chi connectivity index (χ3v) is 2.12. The van der Waals surface area contributed by atoms with E-state index >= 15 is 0 Å². The summed E-state index contributed by atoms with van der Waals surface area (Å²) >= 11 is 0. The predicted molar refractivity (Wildman–Crippen MR) is 63.0 cm³/mol. The molecule has 0 fully saturated rings. The summed E-state index contributed by atoms with van der Waals surface area (Å²) in [6.45, 7) is 5.57. The van der Waals surface area contributed by atoms with Crippen molar-refractivity contribution < 1.29 is 0 Å². The normalized spacial score (nSPS) is 12.2. The summed E-state index contributed by atoms with van der Waals surface area (Å²) in [6.07, 6.45) is 2.61. The van der Waals surface area contributed by atoms with Gasteiger partial charge in [-0.25, -0.2) is 9.97 Å². The zero-order valence-corrected chi connectivity index (χ0v) is 9.33. The molecule has 0 saturated heterocycles. The topological polar surface area (TPSA) is 75.9 Å². The second-order valence-electron chi connectivity index (χ2n) is 3.46. The lowest BCUT2D eigenvalue weighted by Gasteiger charge is -2.12. The van der Waals surface area contributed by atoms with Crippen molar-refractivity contribution >= 4 is 11.6 Å². The number of rotatable bonds is 6. The van der Waals surface area contributed by atoms with Crippen LogP contribution in [-0.2, 0) is 0 Å². The molecular weight excluding hydrogens is 190 g/mol. The molecule has 0 aliphatic heterocycles. The summed E-state index contributed by atoms with van der Waals surface area (Å²) in [5.41, 5.74) is 5.40. The second kappa shape index (κ2) is 6.19. The maximum absolute atomic E-state index is 5.40. The van der Waals surface area contributed by atoms with Crippen LogP contribution in [0.15, 0.2) is 12.4 Å². The first-order valence-electron chi connectivity index (χ1n) is 5.28. The zero-order chi connectivity index (χ0) is 11.1. The molecule has 0 spiro atoms. The van der Waals surface area contributed by atoms with Crippen LogP contribution in [0.3, 0.4) is 0 Å². The van der Waals surface area contributed by atoms with Gasteiger partial charge in [-0.05, 0) is 13.3 Å². The maximum Gasteiger partial charge on any atom is 0.131 e. The molecule has 15 heavy (non-hydrogen) atoms. The molecular formula is C10H19N5. The van der Waals surface area contributed by atoms with Crippen LogP contribution in [0.4, 0.5) is 11.6 Å². The number of hydrogen-bond donors (Lipinski definition) is 3. The highest BCUT2D eigenvalue weighted by Gasteiger charge is 2.01. The summed E-state index contributed by atoms with van der Waals surface area (Å²) in [7, 11) is 0. The van der Waals surface area contributed by atoms with E-state index in [1.165, 1.54) is 0 Å². The molecule has 1 heterocycles. The van der Waals surface area contributed by atoms with Gasteiger partial charge in [0, 0.05) is 25.2 Å². The molecule has 5 nitrogen and oxygen atoms in total. The fourth-order valence-electron chi connectivity index (χ4n) is 1.09. The third kappa shape index (κ3) is 4.12. The first kappa shape index (κ1) is 11.7. The van der Waals surface area contributed by atoms with Crippen molar-refractivity contribution in [3.63, 3.8) is 0 Å². The van der Waals surface area contributed by atoms with Crippen LogP contribution in [0.1, 0.15) is 20.3 Å². The number of nitrogens with one attached hydrogen (secondary N) is 2. The van der Waals surface area contributed by atoms with E-state index in [1.54, 1.807) is 6.33 Å². The molecule has 1 unspecified atom stereocenters. The van der Waals surface area contributed by atoms with Crippen molar-refractivity contribution in [3.8, 4) is 0 Å². The van der Waals surface area contributed by atoms with Gasteiger partial charge in [-0.2, -0.15) is 0 Å².